The number of nitrogens with zero attached hydrogens (tertiary/aromatic N) is 2. The molecule has 0 aromatic heterocycles. The predicted octanol–water partition coefficient (Wildman–Crippen LogP) is 2.03. The first-order valence-electron chi connectivity index (χ1n) is 25.4. The lowest BCUT2D eigenvalue weighted by atomic mass is 10.0. The van der Waals surface area contributed by atoms with Gasteiger partial charge in [0, 0.05) is 31.2 Å². The molecule has 19 nitrogen and oxygen atoms in total. The maximum absolute atomic E-state index is 14.5. The smallest absolute Gasteiger partial charge is 0.251 e. The Kier molecular flexibility index (Phi) is 20.0. The summed E-state index contributed by atoms with van der Waals surface area (Å²) in [5.74, 6) is -3.64. The van der Waals surface area contributed by atoms with Gasteiger partial charge in [0.2, 0.25) is 35.4 Å². The lowest BCUT2D eigenvalue weighted by Crippen LogP contribution is -2.61. The third-order valence-corrected chi connectivity index (χ3v) is 13.6. The van der Waals surface area contributed by atoms with Crippen LogP contribution in [0.15, 0.2) is 60.7 Å². The third kappa shape index (κ3) is 14.9. The Labute approximate surface area is 415 Å². The van der Waals surface area contributed by atoms with Crippen LogP contribution in [-0.2, 0) is 35.2 Å². The van der Waals surface area contributed by atoms with E-state index >= 15 is 0 Å². The molecule has 3 aliphatic rings. The summed E-state index contributed by atoms with van der Waals surface area (Å²) in [6, 6.07) is 9.44. The van der Waals surface area contributed by atoms with Crippen LogP contribution in [0.1, 0.15) is 113 Å². The van der Waals surface area contributed by atoms with Crippen LogP contribution >= 0.6 is 0 Å². The number of aryl methyl sites for hydroxylation is 1. The molecular weight excluding hydrogens is 911 g/mol. The van der Waals surface area contributed by atoms with Crippen molar-refractivity contribution < 1.29 is 48.5 Å². The normalized spacial score (nSPS) is 24.5. The van der Waals surface area contributed by atoms with Gasteiger partial charge in [-0.25, -0.2) is 0 Å². The number of nitrogens with two attached hydrogens (primary N) is 2. The lowest BCUT2D eigenvalue weighted by molar-refractivity contribution is -0.144. The first-order valence-corrected chi connectivity index (χ1v) is 25.4. The number of unbranched alkanes of at least 4 members (excludes halogenated alkanes) is 4. The third-order valence-electron chi connectivity index (χ3n) is 13.6. The van der Waals surface area contributed by atoms with E-state index in [0.29, 0.717) is 38.2 Å². The number of phenolic OH excluding ortho intramolecular Hbond substituents is 1. The van der Waals surface area contributed by atoms with E-state index in [-0.39, 0.29) is 75.9 Å². The molecule has 19 heteroatoms. The van der Waals surface area contributed by atoms with Gasteiger partial charge in [-0.2, -0.15) is 0 Å². The second-order valence-corrected chi connectivity index (χ2v) is 19.1. The van der Waals surface area contributed by atoms with Crippen LogP contribution < -0.4 is 42.8 Å². The van der Waals surface area contributed by atoms with Crippen molar-refractivity contribution in [1.29, 1.82) is 0 Å². The largest absolute Gasteiger partial charge is 0.508 e. The molecule has 6 rings (SSSR count). The van der Waals surface area contributed by atoms with Crippen molar-refractivity contribution in [3.05, 3.63) is 71.8 Å². The number of amides is 7. The van der Waals surface area contributed by atoms with Crippen molar-refractivity contribution in [2.24, 2.45) is 11.5 Å². The minimum absolute atomic E-state index is 0.00649. The number of hydrogen-bond donors (Lipinski definition) is 9. The molecule has 2 unspecified atom stereocenters. The Hall–Kier alpha value is -6.31. The number of hydrogen-bond acceptors (Lipinski definition) is 12. The molecule has 3 fully saturated rings. The van der Waals surface area contributed by atoms with E-state index in [0.717, 1.165) is 42.0 Å². The fraction of sp³-hybridized carbons (Fsp3) is 0.558. The van der Waals surface area contributed by atoms with E-state index < -0.39 is 89.7 Å². The number of rotatable bonds is 16. The zero-order valence-electron chi connectivity index (χ0n) is 41.0. The first kappa shape index (κ1) is 54.0. The van der Waals surface area contributed by atoms with Gasteiger partial charge in [0.1, 0.15) is 47.8 Å². The number of phenols is 1. The Morgan fingerprint density at radius 2 is 1.54 bits per heavy atom. The van der Waals surface area contributed by atoms with Crippen LogP contribution in [0.2, 0.25) is 0 Å². The lowest BCUT2D eigenvalue weighted by Gasteiger charge is -2.32. The van der Waals surface area contributed by atoms with Crippen molar-refractivity contribution in [3.63, 3.8) is 0 Å². The summed E-state index contributed by atoms with van der Waals surface area (Å²) in [5.41, 5.74) is 13.2. The van der Waals surface area contributed by atoms with Crippen molar-refractivity contribution >= 4 is 52.1 Å². The standard InChI is InChI=1S/C52H73N9O10/c1-3-4-5-8-27-71-39-22-19-34-28-36(18-17-35(34)29-39)46(64)56-40-12-9-25-55-49(67)44-30-37(54)31-61(44)51(69)42(11-6-7-24-53)58-47(65)41(23-16-33-14-20-38(63)21-15-33)57-50(68)43-13-10-26-60(43)52(70)45(32(2)62)59-48(40)66/h14-15,17-22,28-29,32,37,40-45,62-63H,3-13,16,23-27,30-31,53-54H2,1-2H3,(H,55,67)(H,56,64)(H,57,68)(H,58,65)(H,59,66)/t32?,37?,40-,41-,42-,43-,44-,45-/m0/s1. The van der Waals surface area contributed by atoms with E-state index in [1.165, 1.54) is 28.9 Å². The second-order valence-electron chi connectivity index (χ2n) is 19.1. The van der Waals surface area contributed by atoms with Crippen molar-refractivity contribution in [3.8, 4) is 11.5 Å². The van der Waals surface area contributed by atoms with E-state index in [9.17, 15) is 43.8 Å². The summed E-state index contributed by atoms with van der Waals surface area (Å²) in [7, 11) is 0. The topological polar surface area (TPSA) is 288 Å². The van der Waals surface area contributed by atoms with Gasteiger partial charge < -0.3 is 62.8 Å². The summed E-state index contributed by atoms with van der Waals surface area (Å²) >= 11 is 0. The van der Waals surface area contributed by atoms with Gasteiger partial charge in [0.15, 0.2) is 0 Å². The number of aliphatic hydroxyl groups is 1. The Balaban J connectivity index is 1.27. The molecule has 0 spiro atoms. The van der Waals surface area contributed by atoms with E-state index in [1.807, 2.05) is 18.2 Å². The quantitative estimate of drug-likeness (QED) is 0.0933. The van der Waals surface area contributed by atoms with Crippen molar-refractivity contribution in [2.45, 2.75) is 152 Å². The number of ether oxygens (including phenoxy) is 1. The van der Waals surface area contributed by atoms with E-state index in [4.69, 9.17) is 16.2 Å². The van der Waals surface area contributed by atoms with Gasteiger partial charge in [-0.3, -0.25) is 33.6 Å². The number of aliphatic hydroxyl groups excluding tert-OH is 1. The molecule has 3 aromatic rings. The summed E-state index contributed by atoms with van der Waals surface area (Å²) in [4.78, 5) is 102. The second kappa shape index (κ2) is 26.2. The van der Waals surface area contributed by atoms with Crippen LogP contribution in [-0.4, -0.2) is 143 Å². The highest BCUT2D eigenvalue weighted by Crippen LogP contribution is 2.25. The Morgan fingerprint density at radius 1 is 0.789 bits per heavy atom. The molecule has 0 bridgehead atoms. The Bertz CT molecular complexity index is 2330. The number of aromatic hydroxyl groups is 1. The maximum atomic E-state index is 14.5. The van der Waals surface area contributed by atoms with Gasteiger partial charge in [-0.1, -0.05) is 50.5 Å². The number of nitrogens with one attached hydrogen (secondary N) is 5. The molecule has 386 valence electrons. The van der Waals surface area contributed by atoms with Gasteiger partial charge >= 0.3 is 0 Å². The molecule has 8 atom stereocenters. The van der Waals surface area contributed by atoms with Crippen molar-refractivity contribution in [2.75, 3.05) is 32.8 Å². The Morgan fingerprint density at radius 3 is 2.28 bits per heavy atom. The SMILES string of the molecule is CCCCCCOc1ccc2cc(C(=O)N[C@H]3CCCNC(=O)[C@@H]4CC(N)CN4C(=O)[C@H](CCCCN)NC(=O)[C@H](CCc4ccc(O)cc4)NC(=O)[C@@H]4CCCN4C(=O)[C@H](C(C)O)NC3=O)ccc2c1. The summed E-state index contributed by atoms with van der Waals surface area (Å²) < 4.78 is 5.95. The minimum atomic E-state index is -1.53. The van der Waals surface area contributed by atoms with Crippen LogP contribution in [0.4, 0.5) is 0 Å². The maximum Gasteiger partial charge on any atom is 0.251 e. The molecule has 3 aromatic carbocycles. The number of fused-ring (bicyclic) bond motifs is 3. The number of carbonyl (C=O) groups excluding carboxylic acids is 7. The molecule has 0 aliphatic carbocycles. The number of carbonyl (C=O) groups is 7. The molecule has 3 aliphatic heterocycles. The average molecular weight is 984 g/mol. The van der Waals surface area contributed by atoms with Crippen molar-refractivity contribution in [1.82, 2.24) is 36.4 Å². The van der Waals surface area contributed by atoms with Crippen LogP contribution in [0.5, 0.6) is 11.5 Å². The summed E-state index contributed by atoms with van der Waals surface area (Å²) in [6.07, 6.45) is 5.40. The zero-order valence-corrected chi connectivity index (χ0v) is 41.0. The molecule has 3 saturated heterocycles. The molecule has 3 heterocycles. The molecule has 0 saturated carbocycles. The number of benzene rings is 3. The average Bonchev–Trinajstić information content (AvgIpc) is 4.02. The van der Waals surface area contributed by atoms with Gasteiger partial charge in [0.05, 0.1) is 12.7 Å². The van der Waals surface area contributed by atoms with Crippen LogP contribution in [0.25, 0.3) is 10.8 Å². The molecule has 11 N–H and O–H groups in total. The molecule has 0 radical (unpaired) electrons. The molecular formula is C52H73N9O10. The van der Waals surface area contributed by atoms with Gasteiger partial charge in [-0.05, 0) is 137 Å². The van der Waals surface area contributed by atoms with Gasteiger partial charge in [-0.15, -0.1) is 0 Å². The van der Waals surface area contributed by atoms with E-state index in [1.54, 1.807) is 30.3 Å². The zero-order chi connectivity index (χ0) is 51.0. The summed E-state index contributed by atoms with van der Waals surface area (Å²) in [6.45, 7) is 4.64. The molecule has 7 amide bonds. The predicted molar refractivity (Wildman–Crippen MR) is 267 cm³/mol. The fourth-order valence-electron chi connectivity index (χ4n) is 9.54. The highest BCUT2D eigenvalue weighted by Gasteiger charge is 2.43. The highest BCUT2D eigenvalue weighted by atomic mass is 16.5. The summed E-state index contributed by atoms with van der Waals surface area (Å²) in [5, 5.41) is 36.5. The van der Waals surface area contributed by atoms with E-state index in [2.05, 4.69) is 33.5 Å². The molecule has 71 heavy (non-hydrogen) atoms. The van der Waals surface area contributed by atoms with Gasteiger partial charge in [0.25, 0.3) is 5.91 Å². The monoisotopic (exact) mass is 984 g/mol. The first-order chi connectivity index (χ1) is 34.2. The minimum Gasteiger partial charge on any atom is -0.508 e. The highest BCUT2D eigenvalue weighted by molar-refractivity contribution is 6.02. The van der Waals surface area contributed by atoms with Crippen LogP contribution in [0, 0.1) is 0 Å². The fourth-order valence-corrected chi connectivity index (χ4v) is 9.54. The van der Waals surface area contributed by atoms with Crippen LogP contribution in [0.3, 0.4) is 0 Å².